The molecule has 0 radical (unpaired) electrons. The summed E-state index contributed by atoms with van der Waals surface area (Å²) in [6, 6.07) is 0. The molecule has 0 amide bonds. The topological polar surface area (TPSA) is 38.3 Å². The fourth-order valence-corrected chi connectivity index (χ4v) is 2.45. The zero-order valence-electron chi connectivity index (χ0n) is 9.39. The SMILES string of the molecule is CC1(NCC2CC(F)(F)C(=O)O2)CCCC1. The number of rotatable bonds is 3. The summed E-state index contributed by atoms with van der Waals surface area (Å²) in [7, 11) is 0. The number of carbonyl (C=O) groups is 1. The Balaban J connectivity index is 1.81. The van der Waals surface area contributed by atoms with Crippen molar-refractivity contribution in [2.45, 2.75) is 56.6 Å². The molecule has 2 aliphatic rings. The highest BCUT2D eigenvalue weighted by Gasteiger charge is 2.50. The van der Waals surface area contributed by atoms with Crippen molar-refractivity contribution in [2.24, 2.45) is 0 Å². The van der Waals surface area contributed by atoms with Crippen LogP contribution in [0.25, 0.3) is 0 Å². The van der Waals surface area contributed by atoms with Crippen LogP contribution < -0.4 is 5.32 Å². The van der Waals surface area contributed by atoms with Crippen molar-refractivity contribution in [2.75, 3.05) is 6.54 Å². The number of carbonyl (C=O) groups excluding carboxylic acids is 1. The van der Waals surface area contributed by atoms with Crippen molar-refractivity contribution in [1.29, 1.82) is 0 Å². The summed E-state index contributed by atoms with van der Waals surface area (Å²) in [5.41, 5.74) is 0.0320. The van der Waals surface area contributed by atoms with Crippen molar-refractivity contribution < 1.29 is 18.3 Å². The Morgan fingerprint density at radius 2 is 2.06 bits per heavy atom. The van der Waals surface area contributed by atoms with E-state index in [1.807, 2.05) is 0 Å². The highest BCUT2D eigenvalue weighted by atomic mass is 19.3. The van der Waals surface area contributed by atoms with E-state index in [0.717, 1.165) is 12.8 Å². The van der Waals surface area contributed by atoms with Gasteiger partial charge in [-0.05, 0) is 19.8 Å². The van der Waals surface area contributed by atoms with E-state index in [2.05, 4.69) is 17.0 Å². The smallest absolute Gasteiger partial charge is 0.377 e. The number of alkyl halides is 2. The zero-order chi connectivity index (χ0) is 11.8. The number of nitrogens with one attached hydrogen (secondary N) is 1. The molecular weight excluding hydrogens is 216 g/mol. The molecule has 0 aromatic heterocycles. The molecule has 1 saturated heterocycles. The van der Waals surface area contributed by atoms with Crippen LogP contribution in [0.15, 0.2) is 0 Å². The summed E-state index contributed by atoms with van der Waals surface area (Å²) in [4.78, 5) is 10.8. The highest BCUT2D eigenvalue weighted by molar-refractivity contribution is 5.79. The van der Waals surface area contributed by atoms with Gasteiger partial charge in [-0.2, -0.15) is 8.78 Å². The van der Waals surface area contributed by atoms with Crippen LogP contribution in [0.1, 0.15) is 39.0 Å². The Labute approximate surface area is 93.5 Å². The van der Waals surface area contributed by atoms with Crippen LogP contribution in [0.3, 0.4) is 0 Å². The molecule has 0 aromatic rings. The number of halogens is 2. The quantitative estimate of drug-likeness (QED) is 0.756. The molecule has 92 valence electrons. The molecule has 1 N–H and O–H groups in total. The first-order valence-corrected chi connectivity index (χ1v) is 5.75. The second-order valence-corrected chi connectivity index (χ2v) is 5.08. The summed E-state index contributed by atoms with van der Waals surface area (Å²) in [5.74, 6) is -4.67. The standard InChI is InChI=1S/C11H17F2NO2/c1-10(4-2-3-5-10)14-7-8-6-11(12,13)9(15)16-8/h8,14H,2-7H2,1H3. The molecule has 2 fully saturated rings. The molecule has 1 aliphatic carbocycles. The molecule has 1 saturated carbocycles. The maximum Gasteiger partial charge on any atom is 0.377 e. The maximum absolute atomic E-state index is 12.9. The van der Waals surface area contributed by atoms with Crippen LogP contribution in [0.4, 0.5) is 8.78 Å². The van der Waals surface area contributed by atoms with Crippen molar-refractivity contribution in [1.82, 2.24) is 5.32 Å². The lowest BCUT2D eigenvalue weighted by atomic mass is 10.0. The Bertz CT molecular complexity index is 288. The van der Waals surface area contributed by atoms with Crippen LogP contribution in [0.2, 0.25) is 0 Å². The van der Waals surface area contributed by atoms with Crippen LogP contribution in [-0.2, 0) is 9.53 Å². The van der Waals surface area contributed by atoms with Gasteiger partial charge in [-0.15, -0.1) is 0 Å². The lowest BCUT2D eigenvalue weighted by molar-refractivity contribution is -0.159. The molecule has 1 atom stereocenters. The van der Waals surface area contributed by atoms with Crippen molar-refractivity contribution >= 4 is 5.97 Å². The van der Waals surface area contributed by atoms with Crippen molar-refractivity contribution in [3.8, 4) is 0 Å². The predicted octanol–water partition coefficient (Wildman–Crippen LogP) is 1.86. The third kappa shape index (κ3) is 2.34. The Morgan fingerprint density at radius 1 is 1.44 bits per heavy atom. The van der Waals surface area contributed by atoms with Gasteiger partial charge in [0.1, 0.15) is 6.10 Å². The van der Waals surface area contributed by atoms with Crippen LogP contribution in [-0.4, -0.2) is 30.1 Å². The van der Waals surface area contributed by atoms with E-state index in [0.29, 0.717) is 6.54 Å². The van der Waals surface area contributed by atoms with Gasteiger partial charge in [-0.1, -0.05) is 12.8 Å². The van der Waals surface area contributed by atoms with E-state index >= 15 is 0 Å². The number of hydrogen-bond acceptors (Lipinski definition) is 3. The fraction of sp³-hybridized carbons (Fsp3) is 0.909. The highest BCUT2D eigenvalue weighted by Crippen LogP contribution is 2.32. The largest absolute Gasteiger partial charge is 0.456 e. The average Bonchev–Trinajstić information content (AvgIpc) is 2.71. The van der Waals surface area contributed by atoms with Crippen molar-refractivity contribution in [3.05, 3.63) is 0 Å². The molecule has 5 heteroatoms. The second kappa shape index (κ2) is 3.95. The molecule has 0 aromatic carbocycles. The Kier molecular flexibility index (Phi) is 2.90. The third-order valence-corrected chi connectivity index (χ3v) is 3.52. The van der Waals surface area contributed by atoms with Gasteiger partial charge in [0.2, 0.25) is 0 Å². The lowest BCUT2D eigenvalue weighted by Crippen LogP contribution is -2.43. The Morgan fingerprint density at radius 3 is 2.56 bits per heavy atom. The fourth-order valence-electron chi connectivity index (χ4n) is 2.45. The minimum Gasteiger partial charge on any atom is -0.456 e. The summed E-state index contributed by atoms with van der Waals surface area (Å²) in [6.45, 7) is 2.42. The number of ether oxygens (including phenoxy) is 1. The summed E-state index contributed by atoms with van der Waals surface area (Å²) >= 11 is 0. The van der Waals surface area contributed by atoms with Gasteiger partial charge in [-0.3, -0.25) is 0 Å². The molecule has 1 unspecified atom stereocenters. The van der Waals surface area contributed by atoms with Crippen LogP contribution >= 0.6 is 0 Å². The molecule has 3 nitrogen and oxygen atoms in total. The molecule has 16 heavy (non-hydrogen) atoms. The summed E-state index contributed by atoms with van der Waals surface area (Å²) in [5, 5.41) is 3.25. The average molecular weight is 233 g/mol. The number of hydrogen-bond donors (Lipinski definition) is 1. The zero-order valence-corrected chi connectivity index (χ0v) is 9.39. The minimum atomic E-state index is -3.29. The molecule has 0 spiro atoms. The molecular formula is C11H17F2NO2. The van der Waals surface area contributed by atoms with Crippen LogP contribution in [0, 0.1) is 0 Å². The van der Waals surface area contributed by atoms with Gasteiger partial charge in [0, 0.05) is 12.1 Å². The normalized spacial score (nSPS) is 31.7. The molecule has 1 heterocycles. The second-order valence-electron chi connectivity index (χ2n) is 5.08. The van der Waals surface area contributed by atoms with Gasteiger partial charge >= 0.3 is 11.9 Å². The Hall–Kier alpha value is -0.710. The van der Waals surface area contributed by atoms with Gasteiger partial charge in [0.05, 0.1) is 6.42 Å². The summed E-state index contributed by atoms with van der Waals surface area (Å²) in [6.07, 6.45) is 3.29. The van der Waals surface area contributed by atoms with E-state index in [1.165, 1.54) is 12.8 Å². The molecule has 1 aliphatic heterocycles. The first-order chi connectivity index (χ1) is 7.41. The summed E-state index contributed by atoms with van der Waals surface area (Å²) < 4.78 is 30.4. The first-order valence-electron chi connectivity index (χ1n) is 5.75. The molecule has 0 bridgehead atoms. The van der Waals surface area contributed by atoms with E-state index in [-0.39, 0.29) is 5.54 Å². The lowest BCUT2D eigenvalue weighted by Gasteiger charge is -2.26. The minimum absolute atomic E-state index is 0.0320. The van der Waals surface area contributed by atoms with Gasteiger partial charge in [0.15, 0.2) is 0 Å². The van der Waals surface area contributed by atoms with E-state index in [1.54, 1.807) is 0 Å². The van der Waals surface area contributed by atoms with Crippen LogP contribution in [0.5, 0.6) is 0 Å². The monoisotopic (exact) mass is 233 g/mol. The van der Waals surface area contributed by atoms with Crippen molar-refractivity contribution in [3.63, 3.8) is 0 Å². The number of esters is 1. The predicted molar refractivity (Wildman–Crippen MR) is 54.3 cm³/mol. The third-order valence-electron chi connectivity index (χ3n) is 3.52. The van der Waals surface area contributed by atoms with Gasteiger partial charge in [0.25, 0.3) is 0 Å². The number of cyclic esters (lactones) is 1. The van der Waals surface area contributed by atoms with E-state index in [4.69, 9.17) is 0 Å². The van der Waals surface area contributed by atoms with Gasteiger partial charge in [-0.25, -0.2) is 4.79 Å². The first kappa shape index (κ1) is 11.8. The van der Waals surface area contributed by atoms with E-state index in [9.17, 15) is 13.6 Å². The maximum atomic E-state index is 12.9. The molecule has 2 rings (SSSR count). The van der Waals surface area contributed by atoms with E-state index < -0.39 is 24.4 Å². The van der Waals surface area contributed by atoms with Gasteiger partial charge < -0.3 is 10.1 Å².